The number of imidazole rings is 1. The topological polar surface area (TPSA) is 56.6 Å². The van der Waals surface area contributed by atoms with Crippen molar-refractivity contribution in [1.29, 1.82) is 0 Å². The van der Waals surface area contributed by atoms with Crippen molar-refractivity contribution in [2.75, 3.05) is 27.3 Å². The second-order valence-corrected chi connectivity index (χ2v) is 6.22. The molecule has 1 aliphatic heterocycles. The maximum atomic E-state index is 12.9. The van der Waals surface area contributed by atoms with Gasteiger partial charge >= 0.3 is 0 Å². The number of ether oxygens (including phenoxy) is 2. The summed E-state index contributed by atoms with van der Waals surface area (Å²) in [7, 11) is 3.17. The molecule has 1 aromatic heterocycles. The molecule has 6 heteroatoms. The van der Waals surface area contributed by atoms with E-state index in [1.54, 1.807) is 32.4 Å². The van der Waals surface area contributed by atoms with Crippen molar-refractivity contribution >= 4 is 5.91 Å². The second-order valence-electron chi connectivity index (χ2n) is 6.22. The third-order valence-corrected chi connectivity index (χ3v) is 4.77. The summed E-state index contributed by atoms with van der Waals surface area (Å²) in [5.41, 5.74) is 0.625. The number of methoxy groups -OCH3 is 2. The van der Waals surface area contributed by atoms with E-state index in [2.05, 4.69) is 16.5 Å². The third-order valence-electron chi connectivity index (χ3n) is 4.77. The molecule has 1 amide bonds. The molecule has 0 saturated carbocycles. The monoisotopic (exact) mass is 343 g/mol. The van der Waals surface area contributed by atoms with E-state index in [1.165, 1.54) is 0 Å². The molecule has 0 bridgehead atoms. The van der Waals surface area contributed by atoms with Crippen LogP contribution in [0.25, 0.3) is 0 Å². The van der Waals surface area contributed by atoms with Crippen molar-refractivity contribution in [2.45, 2.75) is 32.2 Å². The average Bonchev–Trinajstić information content (AvgIpc) is 3.15. The first-order valence-corrected chi connectivity index (χ1v) is 8.71. The lowest BCUT2D eigenvalue weighted by Crippen LogP contribution is -2.40. The van der Waals surface area contributed by atoms with E-state index in [9.17, 15) is 4.79 Å². The van der Waals surface area contributed by atoms with Crippen LogP contribution in [0.4, 0.5) is 0 Å². The van der Waals surface area contributed by atoms with Gasteiger partial charge in [-0.1, -0.05) is 6.92 Å². The number of carbonyl (C=O) groups is 1. The molecule has 2 heterocycles. The van der Waals surface area contributed by atoms with Crippen LogP contribution < -0.4 is 9.47 Å². The van der Waals surface area contributed by atoms with Gasteiger partial charge in [0.05, 0.1) is 20.3 Å². The maximum absolute atomic E-state index is 12.9. The zero-order chi connectivity index (χ0) is 17.8. The molecule has 25 heavy (non-hydrogen) atoms. The Morgan fingerprint density at radius 1 is 1.28 bits per heavy atom. The van der Waals surface area contributed by atoms with E-state index >= 15 is 0 Å². The van der Waals surface area contributed by atoms with Gasteiger partial charge in [0, 0.05) is 37.5 Å². The Balaban J connectivity index is 1.78. The van der Waals surface area contributed by atoms with Crippen LogP contribution in [-0.2, 0) is 6.42 Å². The van der Waals surface area contributed by atoms with E-state index in [4.69, 9.17) is 9.47 Å². The zero-order valence-corrected chi connectivity index (χ0v) is 15.1. The molecular formula is C19H25N3O3. The number of carbonyl (C=O) groups excluding carboxylic acids is 1. The number of piperidine rings is 1. The second kappa shape index (κ2) is 7.59. The number of benzene rings is 1. The minimum absolute atomic E-state index is 0.0313. The molecule has 0 aliphatic carbocycles. The molecule has 1 aliphatic rings. The Labute approximate surface area is 148 Å². The number of aryl methyl sites for hydroxylation is 1. The van der Waals surface area contributed by atoms with Crippen molar-refractivity contribution in [3.8, 4) is 11.5 Å². The number of likely N-dealkylation sites (tertiary alicyclic amines) is 1. The Hall–Kier alpha value is -2.50. The summed E-state index contributed by atoms with van der Waals surface area (Å²) in [6, 6.07) is 5.61. The number of nitrogens with zero attached hydrogens (tertiary/aromatic N) is 3. The minimum atomic E-state index is 0.0313. The van der Waals surface area contributed by atoms with Gasteiger partial charge in [0.2, 0.25) is 0 Å². The highest BCUT2D eigenvalue weighted by molar-refractivity contribution is 5.95. The molecule has 0 unspecified atom stereocenters. The fraction of sp³-hybridized carbons (Fsp3) is 0.474. The number of amides is 1. The SMILES string of the molecule is CCc1nccn1[C@H]1CCCN(C(=O)c2ccc(OC)c(OC)c2)C1. The van der Waals surface area contributed by atoms with Gasteiger partial charge in [-0.05, 0) is 31.0 Å². The van der Waals surface area contributed by atoms with Crippen molar-refractivity contribution in [3.05, 3.63) is 42.0 Å². The number of aromatic nitrogens is 2. The lowest BCUT2D eigenvalue weighted by molar-refractivity contribution is 0.0677. The van der Waals surface area contributed by atoms with Crippen LogP contribution >= 0.6 is 0 Å². The fourth-order valence-electron chi connectivity index (χ4n) is 3.47. The molecule has 1 atom stereocenters. The van der Waals surface area contributed by atoms with Gasteiger partial charge in [-0.25, -0.2) is 4.98 Å². The van der Waals surface area contributed by atoms with Gasteiger partial charge in [-0.3, -0.25) is 4.79 Å². The lowest BCUT2D eigenvalue weighted by Gasteiger charge is -2.34. The first kappa shape index (κ1) is 17.3. The zero-order valence-electron chi connectivity index (χ0n) is 15.1. The predicted octanol–water partition coefficient (Wildman–Crippen LogP) is 2.94. The van der Waals surface area contributed by atoms with Crippen LogP contribution in [0.5, 0.6) is 11.5 Å². The minimum Gasteiger partial charge on any atom is -0.493 e. The molecule has 0 spiro atoms. The fourth-order valence-corrected chi connectivity index (χ4v) is 3.47. The van der Waals surface area contributed by atoms with E-state index < -0.39 is 0 Å². The van der Waals surface area contributed by atoms with E-state index in [1.807, 2.05) is 17.3 Å². The van der Waals surface area contributed by atoms with E-state index in [-0.39, 0.29) is 11.9 Å². The number of hydrogen-bond donors (Lipinski definition) is 0. The van der Waals surface area contributed by atoms with Crippen molar-refractivity contribution in [1.82, 2.24) is 14.5 Å². The Morgan fingerprint density at radius 2 is 2.08 bits per heavy atom. The summed E-state index contributed by atoms with van der Waals surface area (Å²) in [4.78, 5) is 19.3. The summed E-state index contributed by atoms with van der Waals surface area (Å²) in [5.74, 6) is 2.31. The summed E-state index contributed by atoms with van der Waals surface area (Å²) in [6.45, 7) is 3.59. The highest BCUT2D eigenvalue weighted by atomic mass is 16.5. The van der Waals surface area contributed by atoms with E-state index in [0.29, 0.717) is 23.6 Å². The van der Waals surface area contributed by atoms with Crippen LogP contribution in [0.15, 0.2) is 30.6 Å². The van der Waals surface area contributed by atoms with Crippen molar-refractivity contribution in [3.63, 3.8) is 0 Å². The van der Waals surface area contributed by atoms with Gasteiger partial charge < -0.3 is 18.9 Å². The molecule has 1 fully saturated rings. The Bertz CT molecular complexity index is 741. The molecule has 2 aromatic rings. The third kappa shape index (κ3) is 3.48. The number of hydrogen-bond acceptors (Lipinski definition) is 4. The van der Waals surface area contributed by atoms with Crippen LogP contribution in [0, 0.1) is 0 Å². The first-order valence-electron chi connectivity index (χ1n) is 8.71. The maximum Gasteiger partial charge on any atom is 0.254 e. The van der Waals surface area contributed by atoms with Crippen molar-refractivity contribution in [2.24, 2.45) is 0 Å². The molecule has 1 aromatic carbocycles. The predicted molar refractivity (Wildman–Crippen MR) is 95.3 cm³/mol. The summed E-state index contributed by atoms with van der Waals surface area (Å²) in [6.07, 6.45) is 6.82. The van der Waals surface area contributed by atoms with Crippen LogP contribution in [0.1, 0.15) is 42.0 Å². The summed E-state index contributed by atoms with van der Waals surface area (Å²) >= 11 is 0. The summed E-state index contributed by atoms with van der Waals surface area (Å²) in [5, 5.41) is 0. The molecule has 1 saturated heterocycles. The van der Waals surface area contributed by atoms with Gasteiger partial charge in [0.15, 0.2) is 11.5 Å². The highest BCUT2D eigenvalue weighted by Gasteiger charge is 2.26. The molecular weight excluding hydrogens is 318 g/mol. The summed E-state index contributed by atoms with van der Waals surface area (Å²) < 4.78 is 12.8. The van der Waals surface area contributed by atoms with Gasteiger partial charge in [-0.2, -0.15) is 0 Å². The molecule has 6 nitrogen and oxygen atoms in total. The van der Waals surface area contributed by atoms with Gasteiger partial charge in [0.1, 0.15) is 5.82 Å². The molecule has 134 valence electrons. The first-order chi connectivity index (χ1) is 12.2. The lowest BCUT2D eigenvalue weighted by atomic mass is 10.0. The van der Waals surface area contributed by atoms with Crippen molar-refractivity contribution < 1.29 is 14.3 Å². The highest BCUT2D eigenvalue weighted by Crippen LogP contribution is 2.29. The molecule has 0 radical (unpaired) electrons. The van der Waals surface area contributed by atoms with Gasteiger partial charge in [-0.15, -0.1) is 0 Å². The molecule has 3 rings (SSSR count). The standard InChI is InChI=1S/C19H25N3O3/c1-4-18-20-9-11-22(18)15-6-5-10-21(13-15)19(23)14-7-8-16(24-2)17(12-14)25-3/h7-9,11-12,15H,4-6,10,13H2,1-3H3/t15-/m0/s1. The Morgan fingerprint density at radius 3 is 2.80 bits per heavy atom. The Kier molecular flexibility index (Phi) is 5.26. The van der Waals surface area contributed by atoms with Crippen LogP contribution in [0.2, 0.25) is 0 Å². The largest absolute Gasteiger partial charge is 0.493 e. The van der Waals surface area contributed by atoms with Crippen LogP contribution in [-0.4, -0.2) is 47.7 Å². The van der Waals surface area contributed by atoms with E-state index in [0.717, 1.165) is 31.6 Å². The van der Waals surface area contributed by atoms with Gasteiger partial charge in [0.25, 0.3) is 5.91 Å². The van der Waals surface area contributed by atoms with Crippen LogP contribution in [0.3, 0.4) is 0 Å². The number of rotatable bonds is 5. The smallest absolute Gasteiger partial charge is 0.254 e. The molecule has 0 N–H and O–H groups in total. The normalized spacial score (nSPS) is 17.4. The average molecular weight is 343 g/mol. The quantitative estimate of drug-likeness (QED) is 0.837.